The molecule has 0 atom stereocenters. The molecule has 0 aliphatic carbocycles. The normalized spacial score (nSPS) is 10.5. The lowest BCUT2D eigenvalue weighted by atomic mass is 10.2. The molecule has 4 nitrogen and oxygen atoms in total. The molecule has 2 rings (SSSR count). The van der Waals surface area contributed by atoms with Crippen molar-refractivity contribution in [2.45, 2.75) is 25.9 Å². The summed E-state index contributed by atoms with van der Waals surface area (Å²) < 4.78 is 0.932. The molecule has 0 saturated heterocycles. The van der Waals surface area contributed by atoms with E-state index in [0.717, 1.165) is 27.1 Å². The number of amides is 1. The SMILES string of the molecule is Cc1nc(SCC(=O)Nc2cccc(Br)c2)nc(C)c1C. The van der Waals surface area contributed by atoms with E-state index >= 15 is 0 Å². The molecule has 21 heavy (non-hydrogen) atoms. The van der Waals surface area contributed by atoms with E-state index in [0.29, 0.717) is 5.16 Å². The maximum absolute atomic E-state index is 11.9. The predicted octanol–water partition coefficient (Wildman–Crippen LogP) is 3.90. The molecule has 0 aliphatic rings. The third kappa shape index (κ3) is 4.54. The molecule has 1 heterocycles. The molecular weight excluding hydrogens is 350 g/mol. The van der Waals surface area contributed by atoms with Crippen molar-refractivity contribution in [2.24, 2.45) is 0 Å². The second-order valence-electron chi connectivity index (χ2n) is 4.65. The maximum atomic E-state index is 11.9. The van der Waals surface area contributed by atoms with Gasteiger partial charge in [0.15, 0.2) is 5.16 Å². The molecule has 0 fully saturated rings. The highest BCUT2D eigenvalue weighted by atomic mass is 79.9. The Morgan fingerprint density at radius 2 is 1.90 bits per heavy atom. The number of carbonyl (C=O) groups excluding carboxylic acids is 1. The van der Waals surface area contributed by atoms with Gasteiger partial charge in [0.2, 0.25) is 5.91 Å². The lowest BCUT2D eigenvalue weighted by Crippen LogP contribution is -2.14. The van der Waals surface area contributed by atoms with E-state index in [1.54, 1.807) is 0 Å². The minimum atomic E-state index is -0.0717. The van der Waals surface area contributed by atoms with Crippen LogP contribution in [0.25, 0.3) is 0 Å². The largest absolute Gasteiger partial charge is 0.325 e. The van der Waals surface area contributed by atoms with Crippen molar-refractivity contribution in [3.05, 3.63) is 45.7 Å². The number of nitrogens with one attached hydrogen (secondary N) is 1. The smallest absolute Gasteiger partial charge is 0.234 e. The molecule has 110 valence electrons. The second-order valence-corrected chi connectivity index (χ2v) is 6.51. The Balaban J connectivity index is 1.95. The van der Waals surface area contributed by atoms with Crippen LogP contribution in [0.15, 0.2) is 33.9 Å². The summed E-state index contributed by atoms with van der Waals surface area (Å²) in [5.41, 5.74) is 3.78. The summed E-state index contributed by atoms with van der Waals surface area (Å²) in [5, 5.41) is 3.49. The summed E-state index contributed by atoms with van der Waals surface area (Å²) in [5.74, 6) is 0.214. The van der Waals surface area contributed by atoms with Crippen molar-refractivity contribution >= 4 is 39.3 Å². The second kappa shape index (κ2) is 7.04. The fraction of sp³-hybridized carbons (Fsp3) is 0.267. The number of aryl methyl sites for hydroxylation is 2. The van der Waals surface area contributed by atoms with Gasteiger partial charge in [0, 0.05) is 21.5 Å². The Labute approximate surface area is 136 Å². The molecule has 1 aromatic carbocycles. The Bertz CT molecular complexity index is 653. The highest BCUT2D eigenvalue weighted by Gasteiger charge is 2.08. The number of aromatic nitrogens is 2. The third-order valence-corrected chi connectivity index (χ3v) is 4.39. The highest BCUT2D eigenvalue weighted by Crippen LogP contribution is 2.19. The van der Waals surface area contributed by atoms with Crippen LogP contribution in [0.2, 0.25) is 0 Å². The van der Waals surface area contributed by atoms with E-state index in [2.05, 4.69) is 31.2 Å². The molecule has 0 spiro atoms. The van der Waals surface area contributed by atoms with Crippen LogP contribution in [0.1, 0.15) is 17.0 Å². The first kappa shape index (κ1) is 16.0. The van der Waals surface area contributed by atoms with Crippen molar-refractivity contribution in [2.75, 3.05) is 11.1 Å². The number of carbonyl (C=O) groups is 1. The van der Waals surface area contributed by atoms with Crippen molar-refractivity contribution in [3.8, 4) is 0 Å². The minimum Gasteiger partial charge on any atom is -0.325 e. The van der Waals surface area contributed by atoms with E-state index < -0.39 is 0 Å². The molecule has 1 N–H and O–H groups in total. The summed E-state index contributed by atoms with van der Waals surface area (Å²) in [6, 6.07) is 7.50. The van der Waals surface area contributed by atoms with Crippen LogP contribution in [0.3, 0.4) is 0 Å². The minimum absolute atomic E-state index is 0.0717. The number of halogens is 1. The molecule has 0 aliphatic heterocycles. The number of benzene rings is 1. The number of anilines is 1. The van der Waals surface area contributed by atoms with Gasteiger partial charge in [0.1, 0.15) is 0 Å². The van der Waals surface area contributed by atoms with Crippen LogP contribution >= 0.6 is 27.7 Å². The van der Waals surface area contributed by atoms with Crippen LogP contribution < -0.4 is 5.32 Å². The van der Waals surface area contributed by atoms with Crippen molar-refractivity contribution in [3.63, 3.8) is 0 Å². The van der Waals surface area contributed by atoms with Crippen LogP contribution in [0.5, 0.6) is 0 Å². The van der Waals surface area contributed by atoms with Gasteiger partial charge in [0.05, 0.1) is 5.75 Å². The summed E-state index contributed by atoms with van der Waals surface area (Å²) >= 11 is 4.72. The van der Waals surface area contributed by atoms with Gasteiger partial charge in [-0.2, -0.15) is 0 Å². The van der Waals surface area contributed by atoms with Gasteiger partial charge < -0.3 is 5.32 Å². The zero-order valence-electron chi connectivity index (χ0n) is 12.1. The topological polar surface area (TPSA) is 54.9 Å². The summed E-state index contributed by atoms with van der Waals surface area (Å²) in [6.45, 7) is 5.91. The highest BCUT2D eigenvalue weighted by molar-refractivity contribution is 9.10. The van der Waals surface area contributed by atoms with Gasteiger partial charge in [-0.05, 0) is 44.5 Å². The first-order valence-electron chi connectivity index (χ1n) is 6.46. The number of nitrogens with zero attached hydrogens (tertiary/aromatic N) is 2. The fourth-order valence-electron chi connectivity index (χ4n) is 1.70. The molecule has 0 bridgehead atoms. The number of thioether (sulfide) groups is 1. The zero-order valence-corrected chi connectivity index (χ0v) is 14.5. The van der Waals surface area contributed by atoms with E-state index in [4.69, 9.17) is 0 Å². The summed E-state index contributed by atoms with van der Waals surface area (Å²) in [6.07, 6.45) is 0. The van der Waals surface area contributed by atoms with E-state index in [-0.39, 0.29) is 11.7 Å². The third-order valence-electron chi connectivity index (χ3n) is 3.05. The number of hydrogen-bond donors (Lipinski definition) is 1. The Kier molecular flexibility index (Phi) is 5.36. The zero-order chi connectivity index (χ0) is 15.4. The Morgan fingerprint density at radius 3 is 2.52 bits per heavy atom. The molecule has 0 unspecified atom stereocenters. The van der Waals surface area contributed by atoms with Gasteiger partial charge in [-0.1, -0.05) is 33.8 Å². The lowest BCUT2D eigenvalue weighted by molar-refractivity contribution is -0.113. The van der Waals surface area contributed by atoms with Crippen molar-refractivity contribution in [1.82, 2.24) is 9.97 Å². The quantitative estimate of drug-likeness (QED) is 0.659. The van der Waals surface area contributed by atoms with Gasteiger partial charge in [-0.15, -0.1) is 0 Å². The molecular formula is C15H16BrN3OS. The standard InChI is InChI=1S/C15H16BrN3OS/c1-9-10(2)17-15(18-11(9)3)21-8-14(20)19-13-6-4-5-12(16)7-13/h4-7H,8H2,1-3H3,(H,19,20). The van der Waals surface area contributed by atoms with E-state index in [9.17, 15) is 4.79 Å². The van der Waals surface area contributed by atoms with Crippen molar-refractivity contribution < 1.29 is 4.79 Å². The summed E-state index contributed by atoms with van der Waals surface area (Å²) in [4.78, 5) is 20.7. The number of rotatable bonds is 4. The molecule has 0 radical (unpaired) electrons. The predicted molar refractivity (Wildman–Crippen MR) is 89.7 cm³/mol. The molecule has 0 saturated carbocycles. The lowest BCUT2D eigenvalue weighted by Gasteiger charge is -2.07. The molecule has 1 aromatic heterocycles. The van der Waals surface area contributed by atoms with E-state index in [1.807, 2.05) is 45.0 Å². The molecule has 2 aromatic rings. The van der Waals surface area contributed by atoms with E-state index in [1.165, 1.54) is 11.8 Å². The fourth-order valence-corrected chi connectivity index (χ4v) is 2.83. The number of hydrogen-bond acceptors (Lipinski definition) is 4. The van der Waals surface area contributed by atoms with Gasteiger partial charge in [-0.25, -0.2) is 9.97 Å². The summed E-state index contributed by atoms with van der Waals surface area (Å²) in [7, 11) is 0. The maximum Gasteiger partial charge on any atom is 0.234 e. The molecule has 1 amide bonds. The van der Waals surface area contributed by atoms with Crippen LogP contribution in [-0.2, 0) is 4.79 Å². The van der Waals surface area contributed by atoms with Crippen LogP contribution in [0, 0.1) is 20.8 Å². The average molecular weight is 366 g/mol. The monoisotopic (exact) mass is 365 g/mol. The van der Waals surface area contributed by atoms with Gasteiger partial charge >= 0.3 is 0 Å². The van der Waals surface area contributed by atoms with Crippen molar-refractivity contribution in [1.29, 1.82) is 0 Å². The Hall–Kier alpha value is -1.40. The first-order chi connectivity index (χ1) is 9.95. The van der Waals surface area contributed by atoms with Crippen LogP contribution in [0.4, 0.5) is 5.69 Å². The Morgan fingerprint density at radius 1 is 1.24 bits per heavy atom. The first-order valence-corrected chi connectivity index (χ1v) is 8.23. The van der Waals surface area contributed by atoms with Gasteiger partial charge in [0.25, 0.3) is 0 Å². The molecule has 6 heteroatoms. The van der Waals surface area contributed by atoms with Gasteiger partial charge in [-0.3, -0.25) is 4.79 Å². The van der Waals surface area contributed by atoms with Crippen LogP contribution in [-0.4, -0.2) is 21.6 Å². The average Bonchev–Trinajstić information content (AvgIpc) is 2.42.